The van der Waals surface area contributed by atoms with E-state index in [0.29, 0.717) is 6.04 Å². The van der Waals surface area contributed by atoms with E-state index in [4.69, 9.17) is 18.7 Å². The zero-order chi connectivity index (χ0) is 9.61. The van der Waals surface area contributed by atoms with Crippen molar-refractivity contribution >= 4 is 10.3 Å². The van der Waals surface area contributed by atoms with Gasteiger partial charge in [-0.1, -0.05) is 19.3 Å². The van der Waals surface area contributed by atoms with Gasteiger partial charge in [0.1, 0.15) is 0 Å². The molecule has 0 bridgehead atoms. The third-order valence-electron chi connectivity index (χ3n) is 1.65. The number of hydrogen-bond acceptors (Lipinski definition) is 4. The van der Waals surface area contributed by atoms with Gasteiger partial charge in [-0.25, -0.2) is 13.6 Å². The van der Waals surface area contributed by atoms with Crippen LogP contribution in [-0.2, 0) is 10.3 Å². The first-order valence-corrected chi connectivity index (χ1v) is 5.36. The molecule has 0 heterocycles. The molecule has 1 rings (SSSR count). The van der Waals surface area contributed by atoms with Gasteiger partial charge in [0.15, 0.2) is 10.3 Å². The van der Waals surface area contributed by atoms with Gasteiger partial charge in [0.2, 0.25) is 0 Å². The molecule has 1 aliphatic carbocycles. The van der Waals surface area contributed by atoms with E-state index < -0.39 is 10.3 Å². The van der Waals surface area contributed by atoms with Gasteiger partial charge in [-0.15, -0.1) is 0 Å². The normalized spacial score (nSPS) is 18.1. The first-order chi connectivity index (χ1) is 5.39. The molecule has 0 unspecified atom stereocenters. The van der Waals surface area contributed by atoms with E-state index in [1.165, 1.54) is 32.1 Å². The average Bonchev–Trinajstić information content (AvgIpc) is 1.85. The van der Waals surface area contributed by atoms with Crippen LogP contribution in [0.4, 0.5) is 0 Å². The molecule has 0 amide bonds. The molecule has 13 heavy (non-hydrogen) atoms. The third-order valence-corrected chi connectivity index (χ3v) is 1.65. The molecule has 0 aromatic rings. The van der Waals surface area contributed by atoms with Gasteiger partial charge in [0.25, 0.3) is 0 Å². The molecule has 1 saturated carbocycles. The van der Waals surface area contributed by atoms with Gasteiger partial charge >= 0.3 is 29.6 Å². The minimum atomic E-state index is -4.42. The van der Waals surface area contributed by atoms with E-state index in [1.54, 1.807) is 0 Å². The molecule has 0 radical (unpaired) electrons. The average molecular weight is 218 g/mol. The Morgan fingerprint density at radius 3 is 1.62 bits per heavy atom. The molecule has 0 atom stereocenters. The summed E-state index contributed by atoms with van der Waals surface area (Å²) in [5.74, 6) is 0. The summed E-state index contributed by atoms with van der Waals surface area (Å²) in [5.41, 5.74) is 5.63. The van der Waals surface area contributed by atoms with Crippen molar-refractivity contribution in [1.82, 2.24) is 0 Å². The van der Waals surface area contributed by atoms with Crippen LogP contribution in [0, 0.1) is 0 Å². The zero-order valence-electron chi connectivity index (χ0n) is 7.90. The quantitative estimate of drug-likeness (QED) is 0.327. The van der Waals surface area contributed by atoms with Crippen LogP contribution in [-0.4, -0.2) is 19.0 Å². The van der Waals surface area contributed by atoms with Crippen molar-refractivity contribution in [3.05, 3.63) is 0 Å². The van der Waals surface area contributed by atoms with Crippen molar-refractivity contribution in [2.75, 3.05) is 0 Å². The fourth-order valence-corrected chi connectivity index (χ4v) is 1.13. The molecule has 74 valence electrons. The van der Waals surface area contributed by atoms with Crippen molar-refractivity contribution in [2.45, 2.75) is 38.1 Å². The minimum Gasteiger partial charge on any atom is -0.736 e. The molecule has 5 nitrogen and oxygen atoms in total. The number of rotatable bonds is 0. The predicted octanol–water partition coefficient (Wildman–Crippen LogP) is -3.31. The van der Waals surface area contributed by atoms with Gasteiger partial charge < -0.3 is 10.3 Å². The Hall–Kier alpha value is 0.830. The summed E-state index contributed by atoms with van der Waals surface area (Å²) in [5, 5.41) is 3.77. The van der Waals surface area contributed by atoms with Crippen molar-refractivity contribution in [3.63, 3.8) is 0 Å². The van der Waals surface area contributed by atoms with Crippen LogP contribution in [0.3, 0.4) is 0 Å². The summed E-state index contributed by atoms with van der Waals surface area (Å²) in [6, 6.07) is 0.536. The second kappa shape index (κ2) is 8.16. The van der Waals surface area contributed by atoms with E-state index in [2.05, 4.69) is 5.14 Å². The first kappa shape index (κ1) is 16.3. The fraction of sp³-hybridized carbons (Fsp3) is 1.00. The van der Waals surface area contributed by atoms with Crippen molar-refractivity contribution in [3.8, 4) is 0 Å². The molecule has 1 aliphatic rings. The van der Waals surface area contributed by atoms with Crippen LogP contribution in [0.15, 0.2) is 0 Å². The Kier molecular flexibility index (Phi) is 10.2. The topological polar surface area (TPSA) is 109 Å². The molecular weight excluding hydrogens is 203 g/mol. The second-order valence-corrected chi connectivity index (χ2v) is 3.88. The van der Waals surface area contributed by atoms with Crippen LogP contribution in [0.5, 0.6) is 0 Å². The van der Waals surface area contributed by atoms with E-state index in [-0.39, 0.29) is 29.6 Å². The smallest absolute Gasteiger partial charge is 0.736 e. The molecule has 0 saturated heterocycles. The molecule has 4 N–H and O–H groups in total. The van der Waals surface area contributed by atoms with Crippen LogP contribution >= 0.6 is 0 Å². The molecule has 0 aromatic heterocycles. The standard InChI is InChI=1S/C6H13N.H3NO3S.Na/c7-6-4-2-1-3-5-6;1-5(2,3)4;/h6H,1-5,7H2;(H3,1,2,3,4);/q;;+1/p-1. The van der Waals surface area contributed by atoms with E-state index in [9.17, 15) is 0 Å². The first-order valence-electron chi connectivity index (χ1n) is 3.89. The summed E-state index contributed by atoms with van der Waals surface area (Å²) in [6.07, 6.45) is 6.66. The van der Waals surface area contributed by atoms with Crippen LogP contribution in [0.2, 0.25) is 0 Å². The molecule has 0 aliphatic heterocycles. The fourth-order valence-electron chi connectivity index (χ4n) is 1.13. The predicted molar refractivity (Wildman–Crippen MR) is 44.9 cm³/mol. The summed E-state index contributed by atoms with van der Waals surface area (Å²) in [6.45, 7) is 0. The molecule has 0 aromatic carbocycles. The molecular formula is C6H15N2NaO3S. The number of hydrogen-bond donors (Lipinski definition) is 2. The molecule has 7 heteroatoms. The minimum absolute atomic E-state index is 0. The zero-order valence-corrected chi connectivity index (χ0v) is 10.7. The second-order valence-electron chi connectivity index (χ2n) is 2.89. The van der Waals surface area contributed by atoms with Crippen molar-refractivity contribution < 1.29 is 42.5 Å². The van der Waals surface area contributed by atoms with E-state index in [0.717, 1.165) is 0 Å². The Balaban J connectivity index is 0. The third kappa shape index (κ3) is 19.3. The maximum Gasteiger partial charge on any atom is 1.00 e. The van der Waals surface area contributed by atoms with Crippen LogP contribution in [0.1, 0.15) is 32.1 Å². The SMILES string of the molecule is NC1CCCCC1.NS(=O)(=O)[O-].[Na+]. The Bertz CT molecular complexity index is 194. The maximum atomic E-state index is 8.85. The van der Waals surface area contributed by atoms with Crippen LogP contribution in [0.25, 0.3) is 0 Å². The van der Waals surface area contributed by atoms with Crippen molar-refractivity contribution in [1.29, 1.82) is 0 Å². The van der Waals surface area contributed by atoms with Gasteiger partial charge in [-0.3, -0.25) is 0 Å². The largest absolute Gasteiger partial charge is 1.00 e. The van der Waals surface area contributed by atoms with E-state index >= 15 is 0 Å². The Morgan fingerprint density at radius 2 is 1.46 bits per heavy atom. The summed E-state index contributed by atoms with van der Waals surface area (Å²) >= 11 is 0. The Morgan fingerprint density at radius 1 is 1.15 bits per heavy atom. The van der Waals surface area contributed by atoms with Gasteiger partial charge in [0.05, 0.1) is 0 Å². The van der Waals surface area contributed by atoms with Crippen LogP contribution < -0.4 is 40.4 Å². The van der Waals surface area contributed by atoms with Gasteiger partial charge in [0, 0.05) is 6.04 Å². The van der Waals surface area contributed by atoms with Crippen molar-refractivity contribution in [2.24, 2.45) is 10.9 Å². The molecule has 0 spiro atoms. The maximum absolute atomic E-state index is 8.85. The molecule has 1 fully saturated rings. The number of nitrogens with two attached hydrogens (primary N) is 2. The summed E-state index contributed by atoms with van der Waals surface area (Å²) in [7, 11) is -4.42. The monoisotopic (exact) mass is 218 g/mol. The summed E-state index contributed by atoms with van der Waals surface area (Å²) < 4.78 is 26.6. The Labute approximate surface area is 101 Å². The van der Waals surface area contributed by atoms with Gasteiger partial charge in [-0.2, -0.15) is 0 Å². The van der Waals surface area contributed by atoms with E-state index in [1.807, 2.05) is 0 Å². The van der Waals surface area contributed by atoms with Gasteiger partial charge in [-0.05, 0) is 12.8 Å². The summed E-state index contributed by atoms with van der Waals surface area (Å²) in [4.78, 5) is 0.